The molecule has 0 saturated heterocycles. The SMILES string of the molecule is CCCN(CC)C(=O)c1c(F)ccc(N)c1F. The van der Waals surface area contributed by atoms with Crippen LogP contribution < -0.4 is 5.73 Å². The summed E-state index contributed by atoms with van der Waals surface area (Å²) in [6.07, 6.45) is 0.727. The van der Waals surface area contributed by atoms with Gasteiger partial charge in [0.25, 0.3) is 5.91 Å². The maximum atomic E-state index is 13.6. The molecule has 3 nitrogen and oxygen atoms in total. The number of amides is 1. The molecule has 0 aliphatic carbocycles. The monoisotopic (exact) mass is 242 g/mol. The van der Waals surface area contributed by atoms with E-state index in [1.54, 1.807) is 6.92 Å². The fraction of sp³-hybridized carbons (Fsp3) is 0.417. The Hall–Kier alpha value is -1.65. The van der Waals surface area contributed by atoms with Gasteiger partial charge in [-0.15, -0.1) is 0 Å². The second kappa shape index (κ2) is 5.61. The normalized spacial score (nSPS) is 10.4. The van der Waals surface area contributed by atoms with E-state index in [0.717, 1.165) is 18.6 Å². The lowest BCUT2D eigenvalue weighted by Crippen LogP contribution is -2.33. The Kier molecular flexibility index (Phi) is 4.43. The van der Waals surface area contributed by atoms with Crippen LogP contribution in [-0.4, -0.2) is 23.9 Å². The molecular formula is C12H16F2N2O. The molecule has 0 fully saturated rings. The molecule has 1 aromatic rings. The van der Waals surface area contributed by atoms with E-state index < -0.39 is 23.1 Å². The van der Waals surface area contributed by atoms with E-state index in [1.807, 2.05) is 6.92 Å². The van der Waals surface area contributed by atoms with Crippen LogP contribution in [0.2, 0.25) is 0 Å². The molecular weight excluding hydrogens is 226 g/mol. The van der Waals surface area contributed by atoms with E-state index in [9.17, 15) is 13.6 Å². The van der Waals surface area contributed by atoms with Gasteiger partial charge in [-0.3, -0.25) is 4.79 Å². The third kappa shape index (κ3) is 2.72. The number of nitrogens with two attached hydrogens (primary N) is 1. The fourth-order valence-corrected chi connectivity index (χ4v) is 1.60. The molecule has 0 unspecified atom stereocenters. The number of nitrogen functional groups attached to an aromatic ring is 1. The number of carbonyl (C=O) groups is 1. The molecule has 0 aliphatic rings. The van der Waals surface area contributed by atoms with E-state index in [1.165, 1.54) is 4.90 Å². The van der Waals surface area contributed by atoms with Gasteiger partial charge >= 0.3 is 0 Å². The molecule has 0 spiro atoms. The van der Waals surface area contributed by atoms with Crippen molar-refractivity contribution in [2.24, 2.45) is 0 Å². The minimum Gasteiger partial charge on any atom is -0.396 e. The van der Waals surface area contributed by atoms with Gasteiger partial charge in [0, 0.05) is 13.1 Å². The number of hydrogen-bond donors (Lipinski definition) is 1. The summed E-state index contributed by atoms with van der Waals surface area (Å²) in [5, 5.41) is 0. The predicted octanol–water partition coefficient (Wildman–Crippen LogP) is 2.42. The summed E-state index contributed by atoms with van der Waals surface area (Å²) in [6.45, 7) is 4.51. The zero-order chi connectivity index (χ0) is 13.0. The molecule has 0 bridgehead atoms. The van der Waals surface area contributed by atoms with Crippen LogP contribution in [0.4, 0.5) is 14.5 Å². The smallest absolute Gasteiger partial charge is 0.259 e. The van der Waals surface area contributed by atoms with E-state index in [-0.39, 0.29) is 5.69 Å². The van der Waals surface area contributed by atoms with Crippen molar-refractivity contribution in [1.29, 1.82) is 0 Å². The average molecular weight is 242 g/mol. The lowest BCUT2D eigenvalue weighted by molar-refractivity contribution is 0.0755. The Bertz CT molecular complexity index is 421. The van der Waals surface area contributed by atoms with Crippen molar-refractivity contribution in [2.45, 2.75) is 20.3 Å². The zero-order valence-corrected chi connectivity index (χ0v) is 9.96. The minimum absolute atomic E-state index is 0.220. The van der Waals surface area contributed by atoms with Gasteiger partial charge < -0.3 is 10.6 Å². The molecule has 0 aliphatic heterocycles. The lowest BCUT2D eigenvalue weighted by Gasteiger charge is -2.20. The molecule has 1 rings (SSSR count). The molecule has 0 radical (unpaired) electrons. The van der Waals surface area contributed by atoms with Gasteiger partial charge in [-0.1, -0.05) is 6.92 Å². The van der Waals surface area contributed by atoms with Crippen molar-refractivity contribution in [2.75, 3.05) is 18.8 Å². The number of hydrogen-bond acceptors (Lipinski definition) is 2. The second-order valence-electron chi connectivity index (χ2n) is 3.71. The van der Waals surface area contributed by atoms with E-state index in [2.05, 4.69) is 0 Å². The quantitative estimate of drug-likeness (QED) is 0.824. The molecule has 1 aromatic carbocycles. The van der Waals surface area contributed by atoms with Gasteiger partial charge in [0.15, 0.2) is 5.82 Å². The molecule has 17 heavy (non-hydrogen) atoms. The van der Waals surface area contributed by atoms with E-state index in [4.69, 9.17) is 5.73 Å². The number of anilines is 1. The maximum Gasteiger partial charge on any atom is 0.259 e. The van der Waals surface area contributed by atoms with Crippen LogP contribution in [0.25, 0.3) is 0 Å². The summed E-state index contributed by atoms with van der Waals surface area (Å²) in [4.78, 5) is 13.3. The van der Waals surface area contributed by atoms with Crippen molar-refractivity contribution < 1.29 is 13.6 Å². The number of carbonyl (C=O) groups excluding carboxylic acids is 1. The number of rotatable bonds is 4. The summed E-state index contributed by atoms with van der Waals surface area (Å²) in [6, 6.07) is 2.11. The Balaban J connectivity index is 3.15. The average Bonchev–Trinajstić information content (AvgIpc) is 2.31. The first-order valence-corrected chi connectivity index (χ1v) is 5.55. The van der Waals surface area contributed by atoms with Crippen LogP contribution in [-0.2, 0) is 0 Å². The third-order valence-electron chi connectivity index (χ3n) is 2.50. The van der Waals surface area contributed by atoms with Crippen LogP contribution in [0.1, 0.15) is 30.6 Å². The molecule has 0 aromatic heterocycles. The molecule has 0 heterocycles. The highest BCUT2D eigenvalue weighted by Gasteiger charge is 2.23. The fourth-order valence-electron chi connectivity index (χ4n) is 1.60. The first-order valence-electron chi connectivity index (χ1n) is 5.55. The summed E-state index contributed by atoms with van der Waals surface area (Å²) < 4.78 is 27.1. The predicted molar refractivity (Wildman–Crippen MR) is 62.6 cm³/mol. The lowest BCUT2D eigenvalue weighted by atomic mass is 10.1. The largest absolute Gasteiger partial charge is 0.396 e. The van der Waals surface area contributed by atoms with Crippen LogP contribution in [0.3, 0.4) is 0 Å². The van der Waals surface area contributed by atoms with Crippen molar-refractivity contribution in [3.05, 3.63) is 29.3 Å². The number of halogens is 2. The van der Waals surface area contributed by atoms with Gasteiger partial charge in [0.1, 0.15) is 11.4 Å². The van der Waals surface area contributed by atoms with Crippen molar-refractivity contribution in [3.8, 4) is 0 Å². The van der Waals surface area contributed by atoms with Crippen molar-refractivity contribution >= 4 is 11.6 Å². The standard InChI is InChI=1S/C12H16F2N2O/c1-3-7-16(4-2)12(17)10-8(13)5-6-9(15)11(10)14/h5-6H,3-4,7,15H2,1-2H3. The summed E-state index contributed by atoms with van der Waals surface area (Å²) >= 11 is 0. The second-order valence-corrected chi connectivity index (χ2v) is 3.71. The number of benzene rings is 1. The molecule has 2 N–H and O–H groups in total. The van der Waals surface area contributed by atoms with Crippen LogP contribution in [0.5, 0.6) is 0 Å². The van der Waals surface area contributed by atoms with E-state index >= 15 is 0 Å². The van der Waals surface area contributed by atoms with Crippen LogP contribution in [0.15, 0.2) is 12.1 Å². The number of nitrogens with zero attached hydrogens (tertiary/aromatic N) is 1. The van der Waals surface area contributed by atoms with Gasteiger partial charge in [-0.25, -0.2) is 8.78 Å². The minimum atomic E-state index is -0.982. The van der Waals surface area contributed by atoms with Crippen LogP contribution >= 0.6 is 0 Å². The summed E-state index contributed by atoms with van der Waals surface area (Å²) in [7, 11) is 0. The molecule has 1 amide bonds. The maximum absolute atomic E-state index is 13.6. The molecule has 0 saturated carbocycles. The Morgan fingerprint density at radius 3 is 2.53 bits per heavy atom. The Labute approximate surface area is 99.2 Å². The van der Waals surface area contributed by atoms with Crippen LogP contribution in [0, 0.1) is 11.6 Å². The van der Waals surface area contributed by atoms with Gasteiger partial charge in [0.05, 0.1) is 5.69 Å². The van der Waals surface area contributed by atoms with Gasteiger partial charge in [-0.05, 0) is 25.5 Å². The van der Waals surface area contributed by atoms with Gasteiger partial charge in [-0.2, -0.15) is 0 Å². The molecule has 0 atom stereocenters. The first kappa shape index (κ1) is 13.4. The van der Waals surface area contributed by atoms with E-state index in [0.29, 0.717) is 13.1 Å². The molecule has 94 valence electrons. The molecule has 5 heteroatoms. The Morgan fingerprint density at radius 1 is 1.35 bits per heavy atom. The topological polar surface area (TPSA) is 46.3 Å². The summed E-state index contributed by atoms with van der Waals surface area (Å²) in [5.41, 5.74) is 4.54. The summed E-state index contributed by atoms with van der Waals surface area (Å²) in [5.74, 6) is -2.52. The van der Waals surface area contributed by atoms with Crippen molar-refractivity contribution in [1.82, 2.24) is 4.90 Å². The Morgan fingerprint density at radius 2 is 2.00 bits per heavy atom. The zero-order valence-electron chi connectivity index (χ0n) is 9.96. The highest BCUT2D eigenvalue weighted by molar-refractivity contribution is 5.95. The van der Waals surface area contributed by atoms with Crippen molar-refractivity contribution in [3.63, 3.8) is 0 Å². The van der Waals surface area contributed by atoms with Gasteiger partial charge in [0.2, 0.25) is 0 Å². The highest BCUT2D eigenvalue weighted by atomic mass is 19.1. The third-order valence-corrected chi connectivity index (χ3v) is 2.50. The first-order chi connectivity index (χ1) is 8.02. The highest BCUT2D eigenvalue weighted by Crippen LogP contribution is 2.20.